The molecule has 2 atom stereocenters. The van der Waals surface area contributed by atoms with Gasteiger partial charge < -0.3 is 19.9 Å². The number of ether oxygens (including phenoxy) is 2. The number of rotatable bonds is 6. The van der Waals surface area contributed by atoms with Gasteiger partial charge in [-0.15, -0.1) is 0 Å². The number of amides is 2. The Kier molecular flexibility index (Phi) is 6.86. The predicted molar refractivity (Wildman–Crippen MR) is 115 cm³/mol. The van der Waals surface area contributed by atoms with Gasteiger partial charge in [-0.1, -0.05) is 36.1 Å². The van der Waals surface area contributed by atoms with E-state index in [-0.39, 0.29) is 24.4 Å². The average Bonchev–Trinajstić information content (AvgIpc) is 3.19. The molecule has 150 valence electrons. The molecule has 2 unspecified atom stereocenters. The molecule has 2 saturated heterocycles. The van der Waals surface area contributed by atoms with Crippen molar-refractivity contribution >= 4 is 58.0 Å². The fourth-order valence-electron chi connectivity index (χ4n) is 2.88. The van der Waals surface area contributed by atoms with E-state index in [2.05, 4.69) is 5.32 Å². The summed E-state index contributed by atoms with van der Waals surface area (Å²) in [6, 6.07) is 5.07. The largest absolute Gasteiger partial charge is 0.493 e. The zero-order valence-electron chi connectivity index (χ0n) is 15.3. The number of methoxy groups -OCH3 is 2. The van der Waals surface area contributed by atoms with Gasteiger partial charge in [-0.2, -0.15) is 11.8 Å². The van der Waals surface area contributed by atoms with Gasteiger partial charge in [-0.05, 0) is 12.1 Å². The van der Waals surface area contributed by atoms with E-state index in [9.17, 15) is 14.7 Å². The lowest BCUT2D eigenvalue weighted by Crippen LogP contribution is -2.47. The summed E-state index contributed by atoms with van der Waals surface area (Å²) in [4.78, 5) is 26.7. The molecule has 2 amide bonds. The molecule has 0 saturated carbocycles. The molecule has 10 heteroatoms. The first-order valence-corrected chi connectivity index (χ1v) is 10.8. The van der Waals surface area contributed by atoms with E-state index in [1.807, 2.05) is 0 Å². The molecule has 1 aromatic rings. The van der Waals surface area contributed by atoms with E-state index >= 15 is 0 Å². The van der Waals surface area contributed by atoms with Crippen molar-refractivity contribution in [3.8, 4) is 11.5 Å². The average molecular weight is 441 g/mol. The summed E-state index contributed by atoms with van der Waals surface area (Å²) >= 11 is 7.99. The molecule has 28 heavy (non-hydrogen) atoms. The molecule has 7 nitrogen and oxygen atoms in total. The molecule has 2 aliphatic rings. The summed E-state index contributed by atoms with van der Waals surface area (Å²) in [6.07, 6.45) is 1.11. The van der Waals surface area contributed by atoms with E-state index in [0.29, 0.717) is 37.8 Å². The van der Waals surface area contributed by atoms with Gasteiger partial charge in [-0.3, -0.25) is 14.5 Å². The number of carbonyl (C=O) groups excluding carboxylic acids is 2. The Morgan fingerprint density at radius 2 is 2.18 bits per heavy atom. The molecule has 0 aliphatic carbocycles. The van der Waals surface area contributed by atoms with Crippen molar-refractivity contribution in [1.82, 2.24) is 10.2 Å². The second-order valence-electron chi connectivity index (χ2n) is 6.13. The number of aliphatic hydroxyl groups is 1. The second-order valence-corrected chi connectivity index (χ2v) is 8.88. The molecule has 1 aromatic carbocycles. The smallest absolute Gasteiger partial charge is 0.266 e. The number of thioether (sulfide) groups is 2. The van der Waals surface area contributed by atoms with Gasteiger partial charge in [-0.25, -0.2) is 0 Å². The predicted octanol–water partition coefficient (Wildman–Crippen LogP) is 1.50. The van der Waals surface area contributed by atoms with Crippen molar-refractivity contribution in [3.63, 3.8) is 0 Å². The van der Waals surface area contributed by atoms with Crippen LogP contribution in [-0.4, -0.2) is 70.6 Å². The number of nitrogens with zero attached hydrogens (tertiary/aromatic N) is 1. The van der Waals surface area contributed by atoms with Crippen LogP contribution in [0.4, 0.5) is 0 Å². The molecular formula is C18H20N2O5S3. The summed E-state index contributed by atoms with van der Waals surface area (Å²) in [5, 5.41) is 12.6. The highest BCUT2D eigenvalue weighted by Crippen LogP contribution is 2.37. The zero-order valence-corrected chi connectivity index (χ0v) is 17.8. The lowest BCUT2D eigenvalue weighted by Gasteiger charge is -2.18. The highest BCUT2D eigenvalue weighted by atomic mass is 32.2. The minimum atomic E-state index is -0.569. The Labute approximate surface area is 176 Å². The van der Waals surface area contributed by atoms with Crippen LogP contribution in [0, 0.1) is 0 Å². The van der Waals surface area contributed by atoms with Gasteiger partial charge in [0.2, 0.25) is 5.91 Å². The van der Waals surface area contributed by atoms with Crippen LogP contribution in [0.2, 0.25) is 0 Å². The lowest BCUT2D eigenvalue weighted by molar-refractivity contribution is -0.129. The molecule has 2 fully saturated rings. The normalized spacial score (nSPS) is 23.4. The number of nitrogens with one attached hydrogen (secondary N) is 1. The molecule has 0 spiro atoms. The molecule has 2 heterocycles. The van der Waals surface area contributed by atoms with Gasteiger partial charge in [0.1, 0.15) is 10.9 Å². The van der Waals surface area contributed by atoms with Crippen molar-refractivity contribution < 1.29 is 24.2 Å². The fourth-order valence-corrected chi connectivity index (χ4v) is 5.30. The first-order valence-electron chi connectivity index (χ1n) is 8.46. The summed E-state index contributed by atoms with van der Waals surface area (Å²) in [6.45, 7) is -0.175. The van der Waals surface area contributed by atoms with Crippen molar-refractivity contribution in [3.05, 3.63) is 28.7 Å². The molecule has 2 aliphatic heterocycles. The Morgan fingerprint density at radius 1 is 1.39 bits per heavy atom. The zero-order chi connectivity index (χ0) is 20.3. The summed E-state index contributed by atoms with van der Waals surface area (Å²) in [5.41, 5.74) is 0.679. The molecule has 3 rings (SSSR count). The van der Waals surface area contributed by atoms with Crippen LogP contribution in [0.15, 0.2) is 23.1 Å². The van der Waals surface area contributed by atoms with Crippen molar-refractivity contribution in [2.75, 3.05) is 32.3 Å². The number of carbonyl (C=O) groups is 2. The maximum Gasteiger partial charge on any atom is 0.266 e. The number of para-hydroxylation sites is 1. The molecule has 0 aromatic heterocycles. The van der Waals surface area contributed by atoms with Gasteiger partial charge in [0, 0.05) is 17.1 Å². The molecule has 0 bridgehead atoms. The third kappa shape index (κ3) is 4.45. The Morgan fingerprint density at radius 3 is 2.82 bits per heavy atom. The quantitative estimate of drug-likeness (QED) is 0.508. The second kappa shape index (κ2) is 9.17. The highest BCUT2D eigenvalue weighted by molar-refractivity contribution is 8.26. The van der Waals surface area contributed by atoms with E-state index in [1.54, 1.807) is 43.1 Å². The molecule has 0 radical (unpaired) electrons. The van der Waals surface area contributed by atoms with Crippen LogP contribution in [-0.2, 0) is 9.59 Å². The van der Waals surface area contributed by atoms with Crippen LogP contribution in [0.5, 0.6) is 11.5 Å². The van der Waals surface area contributed by atoms with Gasteiger partial charge >= 0.3 is 0 Å². The van der Waals surface area contributed by atoms with E-state index in [1.165, 1.54) is 12.0 Å². The summed E-state index contributed by atoms with van der Waals surface area (Å²) in [7, 11) is 3.07. The highest BCUT2D eigenvalue weighted by Gasteiger charge is 2.35. The monoisotopic (exact) mass is 440 g/mol. The third-order valence-corrected chi connectivity index (χ3v) is 6.84. The fraction of sp³-hybridized carbons (Fsp3) is 0.389. The first-order chi connectivity index (χ1) is 13.4. The van der Waals surface area contributed by atoms with Crippen LogP contribution in [0.1, 0.15) is 5.56 Å². The maximum atomic E-state index is 12.8. The van der Waals surface area contributed by atoms with Gasteiger partial charge in [0.15, 0.2) is 11.5 Å². The summed E-state index contributed by atoms with van der Waals surface area (Å²) in [5.74, 6) is 1.64. The van der Waals surface area contributed by atoms with E-state index in [0.717, 1.165) is 11.8 Å². The van der Waals surface area contributed by atoms with Crippen molar-refractivity contribution in [2.45, 2.75) is 12.1 Å². The topological polar surface area (TPSA) is 88.1 Å². The molecular weight excluding hydrogens is 420 g/mol. The van der Waals surface area contributed by atoms with Crippen molar-refractivity contribution in [2.24, 2.45) is 0 Å². The number of hydrogen-bond donors (Lipinski definition) is 2. The third-order valence-electron chi connectivity index (χ3n) is 4.29. The van der Waals surface area contributed by atoms with Crippen LogP contribution in [0.25, 0.3) is 6.08 Å². The molecule has 2 N–H and O–H groups in total. The van der Waals surface area contributed by atoms with Gasteiger partial charge in [0.05, 0.1) is 31.3 Å². The first kappa shape index (κ1) is 21.0. The number of aliphatic hydroxyl groups excluding tert-OH is 1. The number of benzene rings is 1. The Balaban J connectivity index is 1.73. The lowest BCUT2D eigenvalue weighted by atomic mass is 10.1. The SMILES string of the molecule is COc1cccc(/C=C2\SC(=S)N(CC(=O)NC3CSCC3O)C2=O)c1OC. The standard InChI is InChI=1S/C18H20N2O5S3/c1-24-13-5-3-4-10(16(13)25-2)6-14-17(23)20(18(26)28-14)7-15(22)19-11-8-27-9-12(11)21/h3-6,11-12,21H,7-9H2,1-2H3,(H,19,22)/b14-6-. The Hall–Kier alpha value is -1.75. The summed E-state index contributed by atoms with van der Waals surface area (Å²) < 4.78 is 11.0. The number of hydrogen-bond acceptors (Lipinski definition) is 8. The number of thiocarbonyl (C=S) groups is 1. The van der Waals surface area contributed by atoms with Gasteiger partial charge in [0.25, 0.3) is 5.91 Å². The Bertz CT molecular complexity index is 829. The van der Waals surface area contributed by atoms with Crippen molar-refractivity contribution in [1.29, 1.82) is 0 Å². The van der Waals surface area contributed by atoms with E-state index in [4.69, 9.17) is 21.7 Å². The van der Waals surface area contributed by atoms with Crippen LogP contribution >= 0.6 is 35.7 Å². The van der Waals surface area contributed by atoms with E-state index < -0.39 is 6.10 Å². The van der Waals surface area contributed by atoms with Crippen LogP contribution in [0.3, 0.4) is 0 Å². The minimum absolute atomic E-state index is 0.175. The minimum Gasteiger partial charge on any atom is -0.493 e. The van der Waals surface area contributed by atoms with Crippen LogP contribution < -0.4 is 14.8 Å². The maximum absolute atomic E-state index is 12.8.